The van der Waals surface area contributed by atoms with Gasteiger partial charge in [-0.2, -0.15) is 10.2 Å². The van der Waals surface area contributed by atoms with Crippen LogP contribution in [-0.2, 0) is 61.6 Å². The Morgan fingerprint density at radius 1 is 0.529 bits per heavy atom. The summed E-state index contributed by atoms with van der Waals surface area (Å²) in [5, 5.41) is 47.9. The predicted octanol–water partition coefficient (Wildman–Crippen LogP) is 10.4. The van der Waals surface area contributed by atoms with E-state index in [1.807, 2.05) is 90.2 Å². The number of fused-ring (bicyclic) bond motifs is 2. The van der Waals surface area contributed by atoms with Crippen molar-refractivity contribution in [3.63, 3.8) is 0 Å². The second-order valence-corrected chi connectivity index (χ2v) is 25.7. The number of amides is 4. The quantitative estimate of drug-likeness (QED) is 0.0185. The number of nitrogens with zero attached hydrogens (tertiary/aromatic N) is 6. The number of carbonyl (C=O) groups excluding carboxylic acids is 6. The van der Waals surface area contributed by atoms with Gasteiger partial charge >= 0.3 is 7.12 Å². The molecule has 0 radical (unpaired) electrons. The van der Waals surface area contributed by atoms with Gasteiger partial charge in [-0.1, -0.05) is 90.4 Å². The molecule has 8 N–H and O–H groups in total. The first-order chi connectivity index (χ1) is 50.6. The molecule has 24 nitrogen and oxygen atoms in total. The molecular weight excluding hydrogens is 1390 g/mol. The number of rotatable bonds is 26. The molecule has 0 aliphatic carbocycles. The third-order valence-corrected chi connectivity index (χ3v) is 18.6. The fourth-order valence-electron chi connectivity index (χ4n) is 12.5. The summed E-state index contributed by atoms with van der Waals surface area (Å²) in [4.78, 5) is 84.6. The van der Waals surface area contributed by atoms with E-state index in [9.17, 15) is 28.8 Å². The van der Waals surface area contributed by atoms with Crippen LogP contribution < -0.4 is 46.8 Å². The summed E-state index contributed by atoms with van der Waals surface area (Å²) in [5.74, 6) is 0.134. The van der Waals surface area contributed by atoms with E-state index < -0.39 is 7.12 Å². The Balaban J connectivity index is 0.000000196. The number of ether oxygens (including phenoxy) is 4. The van der Waals surface area contributed by atoms with Gasteiger partial charge in [0.2, 0.25) is 0 Å². The van der Waals surface area contributed by atoms with Crippen LogP contribution in [0.3, 0.4) is 0 Å². The van der Waals surface area contributed by atoms with Gasteiger partial charge in [0, 0.05) is 149 Å². The first-order valence-electron chi connectivity index (χ1n) is 34.8. The number of pyridine rings is 2. The molecule has 26 heteroatoms. The first kappa shape index (κ1) is 76.0. The van der Waals surface area contributed by atoms with E-state index in [4.69, 9.17) is 39.0 Å². The zero-order chi connectivity index (χ0) is 73.7. The molecule has 4 amide bonds. The van der Waals surface area contributed by atoms with Crippen LogP contribution in [0.25, 0.3) is 33.2 Å². The topological polar surface area (TPSA) is 313 Å². The zero-order valence-electron chi connectivity index (χ0n) is 59.1. The van der Waals surface area contributed by atoms with E-state index in [0.29, 0.717) is 109 Å². The summed E-state index contributed by atoms with van der Waals surface area (Å²) < 4.78 is 26.8. The number of hydrogen-bond donors (Lipinski definition) is 8. The maximum atomic E-state index is 13.5. The van der Waals surface area contributed by atoms with E-state index in [1.165, 1.54) is 12.1 Å². The molecule has 2 saturated heterocycles. The van der Waals surface area contributed by atoms with Crippen LogP contribution in [0.5, 0.6) is 11.5 Å². The van der Waals surface area contributed by atoms with Crippen LogP contribution in [-0.4, -0.2) is 136 Å². The number of methoxy groups -OCH3 is 2. The highest BCUT2D eigenvalue weighted by molar-refractivity contribution is 9.10. The summed E-state index contributed by atoms with van der Waals surface area (Å²) in [6, 6.07) is 38.7. The number of hydrogen-bond acceptors (Lipinski definition) is 18. The minimum Gasteiger partial charge on any atom is -0.496 e. The average molecular weight is 1470 g/mol. The molecule has 6 heterocycles. The smallest absolute Gasteiger partial charge is 0.488 e. The Kier molecular flexibility index (Phi) is 27.0. The van der Waals surface area contributed by atoms with Crippen LogP contribution in [0.4, 0.5) is 11.4 Å². The number of halogens is 1. The fraction of sp³-hybridized carbons (Fsp3) is 0.308. The van der Waals surface area contributed by atoms with E-state index >= 15 is 0 Å². The van der Waals surface area contributed by atoms with E-state index in [-0.39, 0.29) is 61.9 Å². The first-order valence-corrected chi connectivity index (χ1v) is 35.6. The lowest BCUT2D eigenvalue weighted by Gasteiger charge is -2.26. The number of anilines is 2. The Labute approximate surface area is 612 Å². The van der Waals surface area contributed by atoms with E-state index in [1.54, 1.807) is 80.9 Å². The standard InChI is InChI=1S/C39H42N6O5.C32H37BrN6O4.C7H7BO3/c1-4-34-32(36(43-31-14-16-50-17-15-31)33-23-42-45(5-2)37(33)44-34)22-41-39(48)29-11-7-10-28(20-29)38(47)40-21-30-19-27(12-13-35(30)49-3)26-9-6-8-25(18-26)24-46;1-4-27-25(29(37-24-11-13-43-14-12-24)26-19-36-39(5-2)30(26)38-27)18-35-32(41)21-8-6-7-20(15-21)31(40)34-17-22-16-23(33)9-10-28(22)42-3;9-5-6-2-1-3-7(4-6)8(10)11/h6-13,18-20,23-24,31H,4-5,14-17,21-22H2,1-3H3,(H,40,47)(H,41,48)(H,43,44);6-10,15-16,19,24H,4-5,11-14,17-18H2,1-3H3,(H,34,40)(H,35,41)(H,37,38);1-5,10-11H. The van der Waals surface area contributed by atoms with Gasteiger partial charge in [-0.05, 0) is 142 Å². The summed E-state index contributed by atoms with van der Waals surface area (Å²) in [6.45, 7) is 13.5. The molecule has 6 aromatic carbocycles. The normalized spacial score (nSPS) is 12.9. The Morgan fingerprint density at radius 2 is 0.942 bits per heavy atom. The second kappa shape index (κ2) is 37.0. The number of nitrogens with one attached hydrogen (secondary N) is 6. The lowest BCUT2D eigenvalue weighted by atomic mass is 9.80. The summed E-state index contributed by atoms with van der Waals surface area (Å²) in [5.41, 5.74) is 13.5. The van der Waals surface area contributed by atoms with Gasteiger partial charge < -0.3 is 60.9 Å². The molecular formula is C78H86BBrN12O12. The van der Waals surface area contributed by atoms with Crippen LogP contribution in [0.2, 0.25) is 0 Å². The lowest BCUT2D eigenvalue weighted by molar-refractivity contribution is 0.0903. The molecule has 0 bridgehead atoms. The van der Waals surface area contributed by atoms with Crippen molar-refractivity contribution < 1.29 is 57.8 Å². The summed E-state index contributed by atoms with van der Waals surface area (Å²) >= 11 is 3.46. The molecule has 12 rings (SSSR count). The minimum atomic E-state index is -1.50. The third kappa shape index (κ3) is 19.2. The van der Waals surface area contributed by atoms with Gasteiger partial charge in [0.25, 0.3) is 23.6 Å². The molecule has 10 aromatic rings. The van der Waals surface area contributed by atoms with Crippen LogP contribution in [0.1, 0.15) is 149 Å². The zero-order valence-corrected chi connectivity index (χ0v) is 60.7. The van der Waals surface area contributed by atoms with E-state index in [2.05, 4.69) is 71.9 Å². The maximum Gasteiger partial charge on any atom is 0.488 e. The Morgan fingerprint density at radius 3 is 1.38 bits per heavy atom. The minimum absolute atomic E-state index is 0.201. The van der Waals surface area contributed by atoms with Gasteiger partial charge in [-0.3, -0.25) is 28.8 Å². The van der Waals surface area contributed by atoms with Crippen molar-refractivity contribution in [2.24, 2.45) is 0 Å². The molecule has 0 unspecified atom stereocenters. The summed E-state index contributed by atoms with van der Waals surface area (Å²) in [6.07, 6.45) is 10.2. The van der Waals surface area contributed by atoms with Gasteiger partial charge in [0.15, 0.2) is 11.3 Å². The third-order valence-electron chi connectivity index (χ3n) is 18.1. The van der Waals surface area contributed by atoms with Crippen molar-refractivity contribution >= 4 is 98.2 Å². The number of benzene rings is 6. The average Bonchev–Trinajstić information content (AvgIpc) is 1.54. The van der Waals surface area contributed by atoms with Crippen LogP contribution >= 0.6 is 15.9 Å². The van der Waals surface area contributed by atoms with Crippen LogP contribution in [0.15, 0.2) is 150 Å². The van der Waals surface area contributed by atoms with Crippen molar-refractivity contribution in [1.29, 1.82) is 0 Å². The highest BCUT2D eigenvalue weighted by Gasteiger charge is 2.26. The van der Waals surface area contributed by atoms with Crippen molar-refractivity contribution in [3.05, 3.63) is 217 Å². The predicted molar refractivity (Wildman–Crippen MR) is 404 cm³/mol. The highest BCUT2D eigenvalue weighted by Crippen LogP contribution is 2.34. The van der Waals surface area contributed by atoms with Gasteiger partial charge in [-0.15, -0.1) is 0 Å². The largest absolute Gasteiger partial charge is 0.496 e. The molecule has 2 aliphatic rings. The lowest BCUT2D eigenvalue weighted by Crippen LogP contribution is -2.30. The van der Waals surface area contributed by atoms with Crippen molar-refractivity contribution in [1.82, 2.24) is 50.8 Å². The molecule has 2 fully saturated rings. The molecule has 2 aliphatic heterocycles. The molecule has 0 spiro atoms. The number of aryl methyl sites for hydroxylation is 4. The van der Waals surface area contributed by atoms with Crippen LogP contribution in [0, 0.1) is 0 Å². The Bertz CT molecular complexity index is 4690. The second-order valence-electron chi connectivity index (χ2n) is 24.8. The SMILES string of the molecule is CCc1nc2c(cnn2CC)c(NC2CCOCC2)c1CNC(=O)c1cccc(C(=O)NCc2cc(-c3cccc(C=O)c3)ccc2OC)c1.CCc1nc2c(cnn2CC)c(NC2CCOCC2)c1CNC(=O)c1cccc(C(=O)NCc2cc(Br)ccc2OC)c1.O=Cc1cccc(B(O)O)c1. The molecule has 0 atom stereocenters. The highest BCUT2D eigenvalue weighted by atomic mass is 79.9. The number of aromatic nitrogens is 6. The molecule has 104 heavy (non-hydrogen) atoms. The molecule has 0 saturated carbocycles. The fourth-order valence-corrected chi connectivity index (χ4v) is 12.9. The maximum absolute atomic E-state index is 13.5. The van der Waals surface area contributed by atoms with Crippen molar-refractivity contribution in [2.75, 3.05) is 51.3 Å². The number of aldehydes is 2. The molecule has 540 valence electrons. The van der Waals surface area contributed by atoms with Crippen molar-refractivity contribution in [2.45, 2.75) is 118 Å². The van der Waals surface area contributed by atoms with Gasteiger partial charge in [0.05, 0.1) is 48.8 Å². The Hall–Kier alpha value is -10.6. The van der Waals surface area contributed by atoms with E-state index in [0.717, 1.165) is 115 Å². The van der Waals surface area contributed by atoms with Gasteiger partial charge in [0.1, 0.15) is 24.1 Å². The monoisotopic (exact) mass is 1470 g/mol. The van der Waals surface area contributed by atoms with Gasteiger partial charge in [-0.25, -0.2) is 19.3 Å². The molecule has 4 aromatic heterocycles. The number of carbonyl (C=O) groups is 6. The van der Waals surface area contributed by atoms with Crippen molar-refractivity contribution in [3.8, 4) is 22.6 Å². The summed E-state index contributed by atoms with van der Waals surface area (Å²) in [7, 11) is 1.67.